The molecule has 0 bridgehead atoms. The minimum atomic E-state index is -1.55. The number of aliphatic hydroxyl groups is 1. The van der Waals surface area contributed by atoms with Crippen LogP contribution in [0.3, 0.4) is 0 Å². The summed E-state index contributed by atoms with van der Waals surface area (Å²) in [6.07, 6.45) is 0. The average molecular weight is 249 g/mol. The molecule has 4 nitrogen and oxygen atoms in total. The molecule has 0 fully saturated rings. The second kappa shape index (κ2) is 2.75. The highest BCUT2D eigenvalue weighted by molar-refractivity contribution is 9.25. The fraction of sp³-hybridized carbons (Fsp3) is 1.00. The molecule has 1 N–H and O–H groups in total. The lowest BCUT2D eigenvalue weighted by atomic mass is 10.7. The van der Waals surface area contributed by atoms with E-state index >= 15 is 0 Å². The molecule has 0 spiro atoms. The summed E-state index contributed by atoms with van der Waals surface area (Å²) in [5.74, 6) is 0. The predicted molar refractivity (Wildman–Crippen MR) is 34.7 cm³/mol. The van der Waals surface area contributed by atoms with Crippen molar-refractivity contribution in [3.8, 4) is 0 Å². The number of rotatable bonds is 2. The molecule has 0 atom stereocenters. The van der Waals surface area contributed by atoms with Crippen LogP contribution in [-0.4, -0.2) is 20.0 Å². The highest BCUT2D eigenvalue weighted by Crippen LogP contribution is 2.21. The van der Waals surface area contributed by atoms with Crippen molar-refractivity contribution in [2.45, 2.75) is 3.42 Å². The van der Waals surface area contributed by atoms with Crippen molar-refractivity contribution in [3.63, 3.8) is 0 Å². The van der Waals surface area contributed by atoms with E-state index in [9.17, 15) is 10.1 Å². The third-order valence-electron chi connectivity index (χ3n) is 0.319. The van der Waals surface area contributed by atoms with Crippen LogP contribution in [0.2, 0.25) is 0 Å². The van der Waals surface area contributed by atoms with E-state index in [1.54, 1.807) is 0 Å². The molecule has 0 radical (unpaired) electrons. The monoisotopic (exact) mass is 247 g/mol. The first kappa shape index (κ1) is 8.32. The van der Waals surface area contributed by atoms with Gasteiger partial charge in [-0.1, -0.05) is 0 Å². The van der Waals surface area contributed by atoms with E-state index < -0.39 is 14.9 Å². The smallest absolute Gasteiger partial charge is 0.252 e. The molecule has 0 aliphatic carbocycles. The molecule has 0 aromatic carbocycles. The van der Waals surface area contributed by atoms with E-state index in [-0.39, 0.29) is 0 Å². The third kappa shape index (κ3) is 6.32. The van der Waals surface area contributed by atoms with E-state index in [0.29, 0.717) is 0 Å². The largest absolute Gasteiger partial charge is 0.364 e. The van der Waals surface area contributed by atoms with Crippen molar-refractivity contribution < 1.29 is 10.0 Å². The van der Waals surface area contributed by atoms with Gasteiger partial charge in [-0.2, -0.15) is 0 Å². The Bertz CT molecular complexity index is 97.9. The van der Waals surface area contributed by atoms with Crippen LogP contribution in [0, 0.1) is 10.1 Å². The minimum Gasteiger partial charge on any atom is -0.364 e. The summed E-state index contributed by atoms with van der Waals surface area (Å²) in [5.41, 5.74) is 0. The molecule has 0 saturated carbocycles. The Hall–Kier alpha value is 0.320. The van der Waals surface area contributed by atoms with Gasteiger partial charge in [-0.15, -0.1) is 0 Å². The number of alkyl halides is 2. The lowest BCUT2D eigenvalue weighted by molar-refractivity contribution is -0.486. The summed E-state index contributed by atoms with van der Waals surface area (Å²) in [6, 6.07) is 0. The zero-order valence-electron chi connectivity index (χ0n) is 3.67. The molecule has 0 aromatic heterocycles. The van der Waals surface area contributed by atoms with Crippen molar-refractivity contribution in [1.29, 1.82) is 0 Å². The Morgan fingerprint density at radius 1 is 1.75 bits per heavy atom. The SMILES string of the molecule is O=[N+]([O-])CC(O)(Br)Br. The second-order valence-corrected chi connectivity index (χ2v) is 4.84. The molecule has 0 aliphatic heterocycles. The maximum absolute atomic E-state index is 9.60. The van der Waals surface area contributed by atoms with Gasteiger partial charge in [0.1, 0.15) is 0 Å². The lowest BCUT2D eigenvalue weighted by Crippen LogP contribution is -2.22. The van der Waals surface area contributed by atoms with Crippen molar-refractivity contribution >= 4 is 31.9 Å². The Balaban J connectivity index is 3.55. The van der Waals surface area contributed by atoms with Gasteiger partial charge in [-0.3, -0.25) is 10.1 Å². The zero-order chi connectivity index (χ0) is 6.78. The molecular formula is C2H3Br2NO3. The summed E-state index contributed by atoms with van der Waals surface area (Å²) < 4.78 is -1.55. The Labute approximate surface area is 62.3 Å². The van der Waals surface area contributed by atoms with Gasteiger partial charge in [-0.25, -0.2) is 0 Å². The standard InChI is InChI=1S/C2H3Br2NO3/c3-2(4,6)1-5(7)8/h6H,1H2. The van der Waals surface area contributed by atoms with Crippen LogP contribution >= 0.6 is 31.9 Å². The van der Waals surface area contributed by atoms with Crippen molar-refractivity contribution in [1.82, 2.24) is 0 Å². The Morgan fingerprint density at radius 3 is 2.12 bits per heavy atom. The Kier molecular flexibility index (Phi) is 2.86. The summed E-state index contributed by atoms with van der Waals surface area (Å²) in [4.78, 5) is 8.97. The first-order valence-electron chi connectivity index (χ1n) is 1.64. The van der Waals surface area contributed by atoms with Crippen LogP contribution in [0.4, 0.5) is 0 Å². The van der Waals surface area contributed by atoms with Crippen molar-refractivity contribution in [2.24, 2.45) is 0 Å². The first-order chi connectivity index (χ1) is 3.42. The maximum Gasteiger partial charge on any atom is 0.252 e. The quantitative estimate of drug-likeness (QED) is 0.445. The van der Waals surface area contributed by atoms with Crippen LogP contribution in [0.5, 0.6) is 0 Å². The van der Waals surface area contributed by atoms with Crippen molar-refractivity contribution in [2.75, 3.05) is 6.54 Å². The molecule has 0 saturated heterocycles. The summed E-state index contributed by atoms with van der Waals surface area (Å²) in [5, 5.41) is 18.2. The van der Waals surface area contributed by atoms with Crippen LogP contribution in [0.1, 0.15) is 0 Å². The molecule has 0 heterocycles. The van der Waals surface area contributed by atoms with Gasteiger partial charge in [0.2, 0.25) is 3.42 Å². The topological polar surface area (TPSA) is 63.4 Å². The number of nitrogens with zero attached hydrogens (tertiary/aromatic N) is 1. The molecule has 0 rings (SSSR count). The number of halogens is 2. The van der Waals surface area contributed by atoms with E-state index in [1.807, 2.05) is 0 Å². The number of nitro groups is 1. The zero-order valence-corrected chi connectivity index (χ0v) is 6.85. The fourth-order valence-corrected chi connectivity index (χ4v) is 0.565. The normalized spacial score (nSPS) is 11.4. The Morgan fingerprint density at radius 2 is 2.12 bits per heavy atom. The average Bonchev–Trinajstić information content (AvgIpc) is 1.21. The summed E-state index contributed by atoms with van der Waals surface area (Å²) in [6.45, 7) is -0.562. The molecular weight excluding hydrogens is 246 g/mol. The second-order valence-electron chi connectivity index (χ2n) is 1.16. The van der Waals surface area contributed by atoms with Gasteiger partial charge < -0.3 is 5.11 Å². The van der Waals surface area contributed by atoms with Crippen LogP contribution in [0.15, 0.2) is 0 Å². The molecule has 0 aliphatic rings. The van der Waals surface area contributed by atoms with Crippen LogP contribution in [-0.2, 0) is 0 Å². The van der Waals surface area contributed by atoms with Gasteiger partial charge in [0.15, 0.2) is 0 Å². The van der Waals surface area contributed by atoms with Gasteiger partial charge >= 0.3 is 0 Å². The van der Waals surface area contributed by atoms with Gasteiger partial charge in [0.25, 0.3) is 6.54 Å². The molecule has 0 unspecified atom stereocenters. The molecule has 0 aromatic rings. The van der Waals surface area contributed by atoms with E-state index in [1.165, 1.54) is 0 Å². The lowest BCUT2D eigenvalue weighted by Gasteiger charge is -2.04. The highest BCUT2D eigenvalue weighted by atomic mass is 79.9. The molecule has 48 valence electrons. The maximum atomic E-state index is 9.60. The van der Waals surface area contributed by atoms with Gasteiger partial charge in [0, 0.05) is 4.92 Å². The molecule has 8 heavy (non-hydrogen) atoms. The summed E-state index contributed by atoms with van der Waals surface area (Å²) >= 11 is 5.22. The molecule has 6 heteroatoms. The predicted octanol–water partition coefficient (Wildman–Crippen LogP) is 0.699. The number of hydrogen-bond acceptors (Lipinski definition) is 3. The van der Waals surface area contributed by atoms with E-state index in [4.69, 9.17) is 5.11 Å². The first-order valence-corrected chi connectivity index (χ1v) is 3.22. The van der Waals surface area contributed by atoms with Crippen LogP contribution in [0.25, 0.3) is 0 Å². The summed E-state index contributed by atoms with van der Waals surface area (Å²) in [7, 11) is 0. The minimum absolute atomic E-state index is 0.562. The highest BCUT2D eigenvalue weighted by Gasteiger charge is 2.24. The van der Waals surface area contributed by atoms with Gasteiger partial charge in [-0.05, 0) is 31.9 Å². The number of hydrogen-bond donors (Lipinski definition) is 1. The van der Waals surface area contributed by atoms with Crippen molar-refractivity contribution in [3.05, 3.63) is 10.1 Å². The van der Waals surface area contributed by atoms with Crippen LogP contribution < -0.4 is 0 Å². The van der Waals surface area contributed by atoms with E-state index in [0.717, 1.165) is 0 Å². The van der Waals surface area contributed by atoms with Gasteiger partial charge in [0.05, 0.1) is 0 Å². The third-order valence-corrected chi connectivity index (χ3v) is 0.821. The fourth-order valence-electron chi connectivity index (χ4n) is 0.155. The molecule has 0 amide bonds. The van der Waals surface area contributed by atoms with E-state index in [2.05, 4.69) is 31.9 Å².